The van der Waals surface area contributed by atoms with Gasteiger partial charge in [-0.25, -0.2) is 0 Å². The average Bonchev–Trinajstić information content (AvgIpc) is 3.72. The predicted molar refractivity (Wildman–Crippen MR) is 138 cm³/mol. The van der Waals surface area contributed by atoms with Gasteiger partial charge in [-0.1, -0.05) is 45.4 Å². The van der Waals surface area contributed by atoms with Crippen LogP contribution < -0.4 is 9.64 Å². The Labute approximate surface area is 228 Å². The van der Waals surface area contributed by atoms with E-state index in [0.717, 1.165) is 34.0 Å². The van der Waals surface area contributed by atoms with Crippen molar-refractivity contribution in [3.63, 3.8) is 0 Å². The van der Waals surface area contributed by atoms with Crippen LogP contribution in [0.2, 0.25) is 0 Å². The van der Waals surface area contributed by atoms with Crippen molar-refractivity contribution < 1.29 is 31.6 Å². The number of benzene rings is 2. The molecule has 1 unspecified atom stereocenters. The number of alkyl halides is 4. The number of pyridine rings is 1. The number of para-hydroxylation sites is 1. The normalized spacial score (nSPS) is 17.6. The van der Waals surface area contributed by atoms with Crippen LogP contribution in [0.4, 0.5) is 18.9 Å². The number of furan rings is 1. The molecule has 11 heteroatoms. The van der Waals surface area contributed by atoms with E-state index in [1.165, 1.54) is 6.07 Å². The van der Waals surface area contributed by atoms with Crippen LogP contribution in [0.3, 0.4) is 0 Å². The molecule has 2 aliphatic rings. The molecule has 0 radical (unpaired) electrons. The SMILES string of the molecule is FC(F)(F)c1ccc(CBr)o1.O=C1N(Cc2ccccn2)c2ccccc2C12COc1cc3oncc3cc12. The maximum Gasteiger partial charge on any atom is 0.449 e. The van der Waals surface area contributed by atoms with E-state index in [2.05, 4.69) is 30.5 Å². The molecule has 0 saturated heterocycles. The molecule has 5 heterocycles. The molecule has 0 aliphatic carbocycles. The Kier molecular flexibility index (Phi) is 6.17. The molecular weight excluding hydrogens is 579 g/mol. The van der Waals surface area contributed by atoms with Crippen LogP contribution in [0.25, 0.3) is 11.0 Å². The number of hydrogen-bond donors (Lipinski definition) is 0. The molecule has 0 bridgehead atoms. The number of anilines is 1. The Morgan fingerprint density at radius 2 is 1.85 bits per heavy atom. The first-order valence-corrected chi connectivity index (χ1v) is 13.0. The Hall–Kier alpha value is -4.12. The van der Waals surface area contributed by atoms with Crippen molar-refractivity contribution in [3.05, 3.63) is 107 Å². The van der Waals surface area contributed by atoms with Gasteiger partial charge in [0.15, 0.2) is 5.58 Å². The summed E-state index contributed by atoms with van der Waals surface area (Å²) in [6.45, 7) is 0.695. The van der Waals surface area contributed by atoms with E-state index in [1.807, 2.05) is 59.5 Å². The number of amides is 1. The Balaban J connectivity index is 0.000000213. The number of halogens is 4. The number of nitrogens with zero attached hydrogens (tertiary/aromatic N) is 3. The molecule has 1 spiro atoms. The van der Waals surface area contributed by atoms with Gasteiger partial charge >= 0.3 is 6.18 Å². The minimum Gasteiger partial charge on any atom is -0.491 e. The zero-order valence-corrected chi connectivity index (χ0v) is 21.7. The molecule has 7 rings (SSSR count). The van der Waals surface area contributed by atoms with E-state index in [4.69, 9.17) is 9.26 Å². The maximum atomic E-state index is 13.8. The zero-order chi connectivity index (χ0) is 27.2. The highest BCUT2D eigenvalue weighted by Gasteiger charge is 2.57. The largest absolute Gasteiger partial charge is 0.491 e. The summed E-state index contributed by atoms with van der Waals surface area (Å²) in [7, 11) is 0. The quantitative estimate of drug-likeness (QED) is 0.217. The Morgan fingerprint density at radius 1 is 1.03 bits per heavy atom. The van der Waals surface area contributed by atoms with Crippen molar-refractivity contribution in [3.8, 4) is 5.75 Å². The zero-order valence-electron chi connectivity index (χ0n) is 20.1. The summed E-state index contributed by atoms with van der Waals surface area (Å²) in [5.41, 5.74) is 3.37. The molecule has 198 valence electrons. The second-order valence-corrected chi connectivity index (χ2v) is 9.59. The Bertz CT molecular complexity index is 1670. The fraction of sp³-hybridized carbons (Fsp3) is 0.179. The summed E-state index contributed by atoms with van der Waals surface area (Å²) >= 11 is 2.98. The lowest BCUT2D eigenvalue weighted by Gasteiger charge is -2.23. The van der Waals surface area contributed by atoms with E-state index in [9.17, 15) is 18.0 Å². The first-order valence-electron chi connectivity index (χ1n) is 11.9. The highest BCUT2D eigenvalue weighted by Crippen LogP contribution is 2.53. The van der Waals surface area contributed by atoms with E-state index in [-0.39, 0.29) is 18.3 Å². The number of aromatic nitrogens is 2. The van der Waals surface area contributed by atoms with Crippen molar-refractivity contribution in [1.29, 1.82) is 0 Å². The van der Waals surface area contributed by atoms with Crippen molar-refractivity contribution in [2.75, 3.05) is 11.5 Å². The number of ether oxygens (including phenoxy) is 1. The van der Waals surface area contributed by atoms with Gasteiger partial charge in [0.1, 0.15) is 23.5 Å². The van der Waals surface area contributed by atoms with Gasteiger partial charge in [0, 0.05) is 28.9 Å². The highest BCUT2D eigenvalue weighted by atomic mass is 79.9. The van der Waals surface area contributed by atoms with Gasteiger partial charge in [0.2, 0.25) is 11.7 Å². The lowest BCUT2D eigenvalue weighted by molar-refractivity contribution is -0.153. The fourth-order valence-electron chi connectivity index (χ4n) is 4.95. The van der Waals surface area contributed by atoms with E-state index in [1.54, 1.807) is 12.4 Å². The van der Waals surface area contributed by atoms with Crippen molar-refractivity contribution in [1.82, 2.24) is 10.1 Å². The molecule has 0 saturated carbocycles. The molecule has 7 nitrogen and oxygen atoms in total. The molecule has 2 aromatic carbocycles. The van der Waals surface area contributed by atoms with Crippen LogP contribution >= 0.6 is 15.9 Å². The van der Waals surface area contributed by atoms with Gasteiger partial charge in [-0.3, -0.25) is 9.78 Å². The third kappa shape index (κ3) is 4.26. The number of hydrogen-bond acceptors (Lipinski definition) is 6. The molecule has 1 atom stereocenters. The first kappa shape index (κ1) is 25.2. The lowest BCUT2D eigenvalue weighted by atomic mass is 9.77. The summed E-state index contributed by atoms with van der Waals surface area (Å²) in [5, 5.41) is 5.01. The van der Waals surface area contributed by atoms with Gasteiger partial charge in [-0.05, 0) is 42.0 Å². The van der Waals surface area contributed by atoms with E-state index >= 15 is 0 Å². The van der Waals surface area contributed by atoms with Crippen molar-refractivity contribution in [2.45, 2.75) is 23.5 Å². The summed E-state index contributed by atoms with van der Waals surface area (Å²) in [5.74, 6) is 0.00488. The number of rotatable bonds is 3. The van der Waals surface area contributed by atoms with Crippen LogP contribution in [-0.4, -0.2) is 22.7 Å². The second-order valence-electron chi connectivity index (χ2n) is 9.03. The standard InChI is InChI=1S/C22H15N3O3.C6H4BrF3O/c26-21-22(13-27-20-10-19-14(9-17(20)22)11-24-28-19)16-6-1-2-7-18(16)25(21)12-15-5-3-4-8-23-15;7-3-4-1-2-5(11-4)6(8,9)10/h1-11H,12-13H2;1-2H,3H2. The van der Waals surface area contributed by atoms with Gasteiger partial charge in [-0.15, -0.1) is 0 Å². The summed E-state index contributed by atoms with van der Waals surface area (Å²) in [6, 6.07) is 19.6. The van der Waals surface area contributed by atoms with Crippen LogP contribution in [0, 0.1) is 0 Å². The van der Waals surface area contributed by atoms with Crippen LogP contribution in [-0.2, 0) is 28.3 Å². The van der Waals surface area contributed by atoms with Gasteiger partial charge in [-0.2, -0.15) is 13.2 Å². The van der Waals surface area contributed by atoms with Crippen LogP contribution in [0.1, 0.15) is 28.3 Å². The third-order valence-corrected chi connectivity index (χ3v) is 7.30. The lowest BCUT2D eigenvalue weighted by Crippen LogP contribution is -2.42. The minimum atomic E-state index is -4.37. The third-order valence-electron chi connectivity index (χ3n) is 6.74. The summed E-state index contributed by atoms with van der Waals surface area (Å²) in [6.07, 6.45) is -0.965. The Morgan fingerprint density at radius 3 is 2.56 bits per heavy atom. The molecule has 0 N–H and O–H groups in total. The van der Waals surface area contributed by atoms with Gasteiger partial charge in [0.25, 0.3) is 0 Å². The number of fused-ring (bicyclic) bond motifs is 5. The summed E-state index contributed by atoms with van der Waals surface area (Å²) in [4.78, 5) is 20.0. The van der Waals surface area contributed by atoms with Crippen LogP contribution in [0.15, 0.2) is 88.1 Å². The van der Waals surface area contributed by atoms with E-state index in [0.29, 0.717) is 23.2 Å². The predicted octanol–water partition coefficient (Wildman–Crippen LogP) is 6.64. The molecule has 5 aromatic rings. The highest BCUT2D eigenvalue weighted by molar-refractivity contribution is 9.08. The molecule has 39 heavy (non-hydrogen) atoms. The minimum absolute atomic E-state index is 0.00825. The first-order chi connectivity index (χ1) is 18.8. The molecule has 0 fully saturated rings. The second kappa shape index (κ2) is 9.57. The average molecular weight is 598 g/mol. The van der Waals surface area contributed by atoms with Gasteiger partial charge in [0.05, 0.1) is 23.8 Å². The molecule has 1 amide bonds. The fourth-order valence-corrected chi connectivity index (χ4v) is 5.25. The number of carbonyl (C=O) groups excluding carboxylic acids is 1. The number of carbonyl (C=O) groups is 1. The smallest absolute Gasteiger partial charge is 0.449 e. The molecule has 2 aliphatic heterocycles. The summed E-state index contributed by atoms with van der Waals surface area (Å²) < 4.78 is 51.2. The topological polar surface area (TPSA) is 81.6 Å². The maximum absolute atomic E-state index is 13.8. The van der Waals surface area contributed by atoms with Crippen molar-refractivity contribution in [2.24, 2.45) is 0 Å². The van der Waals surface area contributed by atoms with Crippen LogP contribution in [0.5, 0.6) is 5.75 Å². The molecule has 3 aromatic heterocycles. The van der Waals surface area contributed by atoms with E-state index < -0.39 is 17.4 Å². The van der Waals surface area contributed by atoms with Crippen molar-refractivity contribution >= 4 is 38.5 Å². The monoisotopic (exact) mass is 597 g/mol. The molecular formula is C28H19BrF3N3O4. The van der Waals surface area contributed by atoms with Gasteiger partial charge < -0.3 is 18.6 Å².